The first kappa shape index (κ1) is 17.1. The monoisotopic (exact) mass is 354 g/mol. The number of hydrogen-bond donors (Lipinski definition) is 1. The predicted molar refractivity (Wildman–Crippen MR) is 99.2 cm³/mol. The second kappa shape index (κ2) is 6.74. The molecule has 0 saturated carbocycles. The second-order valence-corrected chi connectivity index (χ2v) is 8.12. The first-order valence-corrected chi connectivity index (χ1v) is 9.54. The number of likely N-dealkylation sites (tertiary alicyclic amines) is 1. The molecule has 4 heterocycles. The summed E-state index contributed by atoms with van der Waals surface area (Å²) in [6, 6.07) is 7.36. The van der Waals surface area contributed by atoms with Crippen LogP contribution in [-0.4, -0.2) is 38.7 Å². The van der Waals surface area contributed by atoms with Crippen molar-refractivity contribution in [1.82, 2.24) is 19.7 Å². The van der Waals surface area contributed by atoms with Crippen LogP contribution >= 0.6 is 0 Å². The van der Waals surface area contributed by atoms with Crippen LogP contribution < -0.4 is 5.56 Å². The highest BCUT2D eigenvalue weighted by Crippen LogP contribution is 2.35. The fourth-order valence-corrected chi connectivity index (χ4v) is 4.27. The van der Waals surface area contributed by atoms with Crippen molar-refractivity contribution in [3.05, 3.63) is 51.7 Å². The van der Waals surface area contributed by atoms with Gasteiger partial charge in [-0.05, 0) is 43.2 Å². The molecule has 6 heteroatoms. The van der Waals surface area contributed by atoms with Crippen LogP contribution in [0, 0.1) is 11.8 Å². The van der Waals surface area contributed by atoms with Crippen molar-refractivity contribution in [2.45, 2.75) is 45.6 Å². The number of aromatic amines is 1. The highest BCUT2D eigenvalue weighted by Gasteiger charge is 2.36. The summed E-state index contributed by atoms with van der Waals surface area (Å²) < 4.78 is 1.89. The van der Waals surface area contributed by atoms with Crippen LogP contribution in [0.1, 0.15) is 54.5 Å². The predicted octanol–water partition coefficient (Wildman–Crippen LogP) is 2.42. The van der Waals surface area contributed by atoms with E-state index in [0.717, 1.165) is 30.7 Å². The maximum atomic E-state index is 12.9. The number of pyridine rings is 1. The van der Waals surface area contributed by atoms with E-state index >= 15 is 0 Å². The lowest BCUT2D eigenvalue weighted by molar-refractivity contribution is 0.0588. The number of amides is 1. The van der Waals surface area contributed by atoms with E-state index in [1.165, 1.54) is 0 Å². The largest absolute Gasteiger partial charge is 0.336 e. The van der Waals surface area contributed by atoms with Crippen LogP contribution in [0.5, 0.6) is 0 Å². The van der Waals surface area contributed by atoms with Crippen molar-refractivity contribution in [3.63, 3.8) is 0 Å². The molecule has 2 aromatic heterocycles. The van der Waals surface area contributed by atoms with Crippen molar-refractivity contribution < 1.29 is 4.79 Å². The molecule has 6 nitrogen and oxygen atoms in total. The van der Waals surface area contributed by atoms with E-state index in [2.05, 4.69) is 24.0 Å². The van der Waals surface area contributed by atoms with Gasteiger partial charge in [0.25, 0.3) is 11.5 Å². The molecule has 2 bridgehead atoms. The Morgan fingerprint density at radius 3 is 2.96 bits per heavy atom. The van der Waals surface area contributed by atoms with Gasteiger partial charge in [0.05, 0.1) is 0 Å². The summed E-state index contributed by atoms with van der Waals surface area (Å²) in [5, 5.41) is 7.26. The standard InChI is InChI=1S/C20H26N4O2/c1-13(2)6-7-16-9-17(22-21-16)20(26)23-10-14-8-15(12-23)18-4-3-5-19(25)24(18)11-14/h3-5,9,13-15H,6-8,10-12H2,1-2H3,(H,21,22)/t14-,15+/m1/s1. The Morgan fingerprint density at radius 2 is 2.15 bits per heavy atom. The van der Waals surface area contributed by atoms with Crippen LogP contribution in [0.15, 0.2) is 29.1 Å². The number of aryl methyl sites for hydroxylation is 1. The van der Waals surface area contributed by atoms with Crippen molar-refractivity contribution in [2.24, 2.45) is 11.8 Å². The number of hydrogen-bond acceptors (Lipinski definition) is 3. The van der Waals surface area contributed by atoms with Gasteiger partial charge in [0.15, 0.2) is 0 Å². The SMILES string of the molecule is CC(C)CCc1cc(C(=O)N2C[C@H]3C[C@@H](C2)c2cccc(=O)n2C3)n[nH]1. The number of nitrogens with zero attached hydrogens (tertiary/aromatic N) is 3. The molecule has 0 aliphatic carbocycles. The maximum absolute atomic E-state index is 12.9. The van der Waals surface area contributed by atoms with E-state index < -0.39 is 0 Å². The van der Waals surface area contributed by atoms with Gasteiger partial charge in [-0.1, -0.05) is 19.9 Å². The summed E-state index contributed by atoms with van der Waals surface area (Å²) >= 11 is 0. The summed E-state index contributed by atoms with van der Waals surface area (Å²) in [4.78, 5) is 27.0. The Morgan fingerprint density at radius 1 is 1.31 bits per heavy atom. The normalized spacial score (nSPS) is 21.7. The summed E-state index contributed by atoms with van der Waals surface area (Å²) in [6.45, 7) is 6.45. The molecule has 2 aliphatic heterocycles. The van der Waals surface area contributed by atoms with Crippen molar-refractivity contribution >= 4 is 5.91 Å². The van der Waals surface area contributed by atoms with E-state index in [-0.39, 0.29) is 17.4 Å². The zero-order chi connectivity index (χ0) is 18.3. The van der Waals surface area contributed by atoms with Gasteiger partial charge in [0.1, 0.15) is 5.69 Å². The average molecular weight is 354 g/mol. The fourth-order valence-electron chi connectivity index (χ4n) is 4.27. The molecule has 138 valence electrons. The third-order valence-corrected chi connectivity index (χ3v) is 5.61. The molecule has 2 atom stereocenters. The lowest BCUT2D eigenvalue weighted by Gasteiger charge is -2.42. The number of aromatic nitrogens is 3. The van der Waals surface area contributed by atoms with E-state index in [1.807, 2.05) is 27.7 Å². The fraction of sp³-hybridized carbons (Fsp3) is 0.550. The highest BCUT2D eigenvalue weighted by atomic mass is 16.2. The Kier molecular flexibility index (Phi) is 4.42. The van der Waals surface area contributed by atoms with Crippen LogP contribution in [0.4, 0.5) is 0 Å². The molecule has 1 fully saturated rings. The molecule has 0 spiro atoms. The van der Waals surface area contributed by atoms with Gasteiger partial charge in [0.2, 0.25) is 0 Å². The maximum Gasteiger partial charge on any atom is 0.274 e. The minimum absolute atomic E-state index is 0.00141. The van der Waals surface area contributed by atoms with E-state index in [1.54, 1.807) is 6.07 Å². The number of carbonyl (C=O) groups excluding carboxylic acids is 1. The molecule has 2 aliphatic rings. The van der Waals surface area contributed by atoms with Gasteiger partial charge >= 0.3 is 0 Å². The zero-order valence-electron chi connectivity index (χ0n) is 15.4. The smallest absolute Gasteiger partial charge is 0.274 e. The molecule has 1 N–H and O–H groups in total. The summed E-state index contributed by atoms with van der Waals surface area (Å²) in [5.41, 5.74) is 2.66. The van der Waals surface area contributed by atoms with Crippen LogP contribution in [0.25, 0.3) is 0 Å². The second-order valence-electron chi connectivity index (χ2n) is 8.12. The molecule has 1 saturated heterocycles. The van der Waals surface area contributed by atoms with Crippen LogP contribution in [0.3, 0.4) is 0 Å². The Bertz CT molecular complexity index is 867. The molecule has 26 heavy (non-hydrogen) atoms. The number of rotatable bonds is 4. The minimum Gasteiger partial charge on any atom is -0.336 e. The highest BCUT2D eigenvalue weighted by molar-refractivity contribution is 5.92. The van der Waals surface area contributed by atoms with Gasteiger partial charge < -0.3 is 9.47 Å². The summed E-state index contributed by atoms with van der Waals surface area (Å²) in [6.07, 6.45) is 3.04. The van der Waals surface area contributed by atoms with Crippen LogP contribution in [-0.2, 0) is 13.0 Å². The van der Waals surface area contributed by atoms with Gasteiger partial charge in [0, 0.05) is 43.0 Å². The first-order valence-electron chi connectivity index (χ1n) is 9.54. The minimum atomic E-state index is -0.00141. The van der Waals surface area contributed by atoms with Gasteiger partial charge in [-0.3, -0.25) is 14.7 Å². The quantitative estimate of drug-likeness (QED) is 0.917. The van der Waals surface area contributed by atoms with Gasteiger partial charge in [-0.25, -0.2) is 0 Å². The van der Waals surface area contributed by atoms with E-state index in [0.29, 0.717) is 37.2 Å². The molecule has 2 aromatic rings. The molecule has 0 radical (unpaired) electrons. The Hall–Kier alpha value is -2.37. The third kappa shape index (κ3) is 3.20. The topological polar surface area (TPSA) is 71.0 Å². The number of piperidine rings is 1. The number of fused-ring (bicyclic) bond motifs is 4. The lowest BCUT2D eigenvalue weighted by Crippen LogP contribution is -2.49. The van der Waals surface area contributed by atoms with Crippen molar-refractivity contribution in [1.29, 1.82) is 0 Å². The van der Waals surface area contributed by atoms with Crippen molar-refractivity contribution in [3.8, 4) is 0 Å². The van der Waals surface area contributed by atoms with Gasteiger partial charge in [-0.15, -0.1) is 0 Å². The Balaban J connectivity index is 1.50. The molecule has 0 unspecified atom stereocenters. The molecule has 4 rings (SSSR count). The average Bonchev–Trinajstić information content (AvgIpc) is 3.09. The molecule has 0 aromatic carbocycles. The number of carbonyl (C=O) groups is 1. The molecule has 1 amide bonds. The summed E-state index contributed by atoms with van der Waals surface area (Å²) in [7, 11) is 0. The lowest BCUT2D eigenvalue weighted by atomic mass is 9.83. The van der Waals surface area contributed by atoms with Crippen molar-refractivity contribution in [2.75, 3.05) is 13.1 Å². The zero-order valence-corrected chi connectivity index (χ0v) is 15.4. The van der Waals surface area contributed by atoms with E-state index in [4.69, 9.17) is 0 Å². The molecular formula is C20H26N4O2. The van der Waals surface area contributed by atoms with Gasteiger partial charge in [-0.2, -0.15) is 5.10 Å². The molecular weight excluding hydrogens is 328 g/mol. The Labute approximate surface area is 153 Å². The third-order valence-electron chi connectivity index (χ3n) is 5.61. The number of H-pyrrole nitrogens is 1. The number of nitrogens with one attached hydrogen (secondary N) is 1. The van der Waals surface area contributed by atoms with E-state index in [9.17, 15) is 9.59 Å². The van der Waals surface area contributed by atoms with Crippen LogP contribution in [0.2, 0.25) is 0 Å². The summed E-state index contributed by atoms with van der Waals surface area (Å²) in [5.74, 6) is 1.20. The first-order chi connectivity index (χ1) is 12.5.